The van der Waals surface area contributed by atoms with E-state index in [1.165, 1.54) is 0 Å². The highest BCUT2D eigenvalue weighted by atomic mass is 16.3. The van der Waals surface area contributed by atoms with Crippen molar-refractivity contribution in [2.45, 2.75) is 32.4 Å². The average molecular weight is 235 g/mol. The van der Waals surface area contributed by atoms with Crippen LogP contribution in [0.3, 0.4) is 0 Å². The summed E-state index contributed by atoms with van der Waals surface area (Å²) in [6.07, 6.45) is 4.66. The Hall–Kier alpha value is -1.80. The predicted molar refractivity (Wildman–Crippen MR) is 62.9 cm³/mol. The van der Waals surface area contributed by atoms with Gasteiger partial charge in [0.2, 0.25) is 5.91 Å². The largest absolute Gasteiger partial charge is 0.388 e. The third-order valence-corrected chi connectivity index (χ3v) is 2.41. The van der Waals surface area contributed by atoms with E-state index in [1.54, 1.807) is 23.0 Å². The van der Waals surface area contributed by atoms with Crippen molar-refractivity contribution in [2.24, 2.45) is 0 Å². The van der Waals surface area contributed by atoms with Gasteiger partial charge in [0.05, 0.1) is 12.2 Å². The summed E-state index contributed by atoms with van der Waals surface area (Å²) >= 11 is 0. The number of aliphatic hydroxyl groups is 1. The Kier molecular flexibility index (Phi) is 5.24. The molecule has 0 fully saturated rings. The zero-order valence-corrected chi connectivity index (χ0v) is 9.89. The first kappa shape index (κ1) is 13.3. The number of carbonyl (C=O) groups is 1. The maximum absolute atomic E-state index is 11.3. The fourth-order valence-corrected chi connectivity index (χ4v) is 1.55. The van der Waals surface area contributed by atoms with E-state index in [4.69, 9.17) is 5.26 Å². The van der Waals surface area contributed by atoms with Crippen molar-refractivity contribution in [3.8, 4) is 6.07 Å². The van der Waals surface area contributed by atoms with Crippen LogP contribution in [0.1, 0.15) is 31.4 Å². The summed E-state index contributed by atoms with van der Waals surface area (Å²) in [5.41, 5.74) is 0.819. The molecule has 1 rings (SSSR count). The van der Waals surface area contributed by atoms with Crippen LogP contribution in [0.5, 0.6) is 0 Å². The lowest BCUT2D eigenvalue weighted by atomic mass is 10.1. The van der Waals surface area contributed by atoms with Gasteiger partial charge in [-0.15, -0.1) is 0 Å². The number of hydrogen-bond donors (Lipinski definition) is 2. The highest BCUT2D eigenvalue weighted by Crippen LogP contribution is 2.18. The van der Waals surface area contributed by atoms with Crippen LogP contribution in [-0.4, -0.2) is 22.1 Å². The Morgan fingerprint density at radius 1 is 1.71 bits per heavy atom. The van der Waals surface area contributed by atoms with Gasteiger partial charge in [0.1, 0.15) is 13.1 Å². The number of hydrogen-bond acceptors (Lipinski definition) is 3. The molecular weight excluding hydrogens is 218 g/mol. The van der Waals surface area contributed by atoms with Crippen LogP contribution in [0.15, 0.2) is 18.5 Å². The molecule has 0 saturated heterocycles. The van der Waals surface area contributed by atoms with E-state index in [1.807, 2.05) is 13.0 Å². The summed E-state index contributed by atoms with van der Waals surface area (Å²) in [7, 11) is 0. The van der Waals surface area contributed by atoms with Crippen LogP contribution < -0.4 is 5.32 Å². The Morgan fingerprint density at radius 3 is 3.12 bits per heavy atom. The second-order valence-corrected chi connectivity index (χ2v) is 3.86. The third kappa shape index (κ3) is 4.29. The molecule has 0 spiro atoms. The van der Waals surface area contributed by atoms with Gasteiger partial charge in [-0.1, -0.05) is 13.3 Å². The van der Waals surface area contributed by atoms with E-state index >= 15 is 0 Å². The lowest BCUT2D eigenvalue weighted by Crippen LogP contribution is -2.27. The first-order valence-electron chi connectivity index (χ1n) is 5.64. The number of rotatable bonds is 6. The number of nitrogens with one attached hydrogen (secondary N) is 1. The van der Waals surface area contributed by atoms with Gasteiger partial charge < -0.3 is 15.0 Å². The van der Waals surface area contributed by atoms with Gasteiger partial charge in [0.15, 0.2) is 0 Å². The summed E-state index contributed by atoms with van der Waals surface area (Å²) in [5.74, 6) is -0.210. The standard InChI is InChI=1S/C12H17N3O2/c1-2-3-11(16)10-4-7-15(8-10)9-12(17)14-6-5-13/h4,7-8,11,16H,2-3,6,9H2,1H3,(H,14,17). The third-order valence-electron chi connectivity index (χ3n) is 2.41. The summed E-state index contributed by atoms with van der Waals surface area (Å²) in [6, 6.07) is 3.65. The van der Waals surface area contributed by atoms with Crippen molar-refractivity contribution >= 4 is 5.91 Å². The van der Waals surface area contributed by atoms with Crippen LogP contribution in [0.2, 0.25) is 0 Å². The topological polar surface area (TPSA) is 78.1 Å². The number of carbonyl (C=O) groups excluding carboxylic acids is 1. The van der Waals surface area contributed by atoms with Crippen LogP contribution >= 0.6 is 0 Å². The van der Waals surface area contributed by atoms with E-state index in [-0.39, 0.29) is 19.0 Å². The molecule has 0 aliphatic heterocycles. The molecule has 0 bridgehead atoms. The molecule has 1 amide bonds. The van der Waals surface area contributed by atoms with E-state index in [0.717, 1.165) is 12.0 Å². The van der Waals surface area contributed by atoms with Gasteiger partial charge in [-0.2, -0.15) is 5.26 Å². The van der Waals surface area contributed by atoms with E-state index < -0.39 is 6.10 Å². The fourth-order valence-electron chi connectivity index (χ4n) is 1.55. The van der Waals surface area contributed by atoms with Gasteiger partial charge >= 0.3 is 0 Å². The summed E-state index contributed by atoms with van der Waals surface area (Å²) < 4.78 is 1.70. The van der Waals surface area contributed by atoms with E-state index in [2.05, 4.69) is 5.32 Å². The monoisotopic (exact) mass is 235 g/mol. The Morgan fingerprint density at radius 2 is 2.47 bits per heavy atom. The molecule has 0 aliphatic carbocycles. The second kappa shape index (κ2) is 6.71. The molecule has 0 aliphatic rings. The lowest BCUT2D eigenvalue weighted by molar-refractivity contribution is -0.121. The molecule has 1 aromatic rings. The molecule has 5 nitrogen and oxygen atoms in total. The molecule has 92 valence electrons. The minimum absolute atomic E-state index is 0.0193. The lowest BCUT2D eigenvalue weighted by Gasteiger charge is -2.06. The van der Waals surface area contributed by atoms with Crippen LogP contribution in [-0.2, 0) is 11.3 Å². The molecule has 2 N–H and O–H groups in total. The summed E-state index contributed by atoms with van der Waals surface area (Å²) in [4.78, 5) is 11.3. The molecule has 1 aromatic heterocycles. The predicted octanol–water partition coefficient (Wildman–Crippen LogP) is 0.961. The number of aliphatic hydroxyl groups excluding tert-OH is 1. The summed E-state index contributed by atoms with van der Waals surface area (Å²) in [5, 5.41) is 20.5. The molecule has 5 heteroatoms. The SMILES string of the molecule is CCCC(O)c1ccn(CC(=O)NCC#N)c1. The van der Waals surface area contributed by atoms with Crippen LogP contribution in [0.4, 0.5) is 0 Å². The number of nitrogens with zero attached hydrogens (tertiary/aromatic N) is 2. The first-order chi connectivity index (χ1) is 8.17. The maximum Gasteiger partial charge on any atom is 0.240 e. The zero-order valence-electron chi connectivity index (χ0n) is 9.89. The molecule has 0 radical (unpaired) electrons. The summed E-state index contributed by atoms with van der Waals surface area (Å²) in [6.45, 7) is 2.20. The molecule has 0 saturated carbocycles. The van der Waals surface area contributed by atoms with Crippen molar-refractivity contribution in [3.05, 3.63) is 24.0 Å². The second-order valence-electron chi connectivity index (χ2n) is 3.86. The zero-order chi connectivity index (χ0) is 12.7. The van der Waals surface area contributed by atoms with Gasteiger partial charge in [0, 0.05) is 12.4 Å². The Labute approximate surface area is 101 Å². The van der Waals surface area contributed by atoms with Gasteiger partial charge in [-0.25, -0.2) is 0 Å². The molecular formula is C12H17N3O2. The molecule has 1 heterocycles. The van der Waals surface area contributed by atoms with Crippen molar-refractivity contribution in [2.75, 3.05) is 6.54 Å². The first-order valence-corrected chi connectivity index (χ1v) is 5.64. The Bertz CT molecular complexity index is 406. The number of aromatic nitrogens is 1. The molecule has 1 atom stereocenters. The molecule has 1 unspecified atom stereocenters. The number of amides is 1. The highest BCUT2D eigenvalue weighted by molar-refractivity contribution is 5.75. The average Bonchev–Trinajstić information content (AvgIpc) is 2.75. The highest BCUT2D eigenvalue weighted by Gasteiger charge is 2.09. The molecule has 17 heavy (non-hydrogen) atoms. The van der Waals surface area contributed by atoms with Crippen molar-refractivity contribution < 1.29 is 9.90 Å². The van der Waals surface area contributed by atoms with Crippen LogP contribution in [0.25, 0.3) is 0 Å². The van der Waals surface area contributed by atoms with Crippen molar-refractivity contribution in [3.63, 3.8) is 0 Å². The smallest absolute Gasteiger partial charge is 0.240 e. The van der Waals surface area contributed by atoms with E-state index in [0.29, 0.717) is 6.42 Å². The van der Waals surface area contributed by atoms with Gasteiger partial charge in [-0.05, 0) is 18.1 Å². The van der Waals surface area contributed by atoms with Crippen molar-refractivity contribution in [1.82, 2.24) is 9.88 Å². The van der Waals surface area contributed by atoms with Gasteiger partial charge in [-0.3, -0.25) is 4.79 Å². The minimum Gasteiger partial charge on any atom is -0.388 e. The quantitative estimate of drug-likeness (QED) is 0.721. The fraction of sp³-hybridized carbons (Fsp3) is 0.500. The number of nitriles is 1. The van der Waals surface area contributed by atoms with Crippen LogP contribution in [0, 0.1) is 11.3 Å². The van der Waals surface area contributed by atoms with Crippen molar-refractivity contribution in [1.29, 1.82) is 5.26 Å². The Balaban J connectivity index is 2.51. The minimum atomic E-state index is -0.469. The van der Waals surface area contributed by atoms with Gasteiger partial charge in [0.25, 0.3) is 0 Å². The van der Waals surface area contributed by atoms with E-state index in [9.17, 15) is 9.90 Å². The maximum atomic E-state index is 11.3. The normalized spacial score (nSPS) is 11.8. The molecule has 0 aromatic carbocycles.